The fraction of sp³-hybridized carbons (Fsp3) is 0.700. The maximum Gasteiger partial charge on any atom is 0.247 e. The summed E-state index contributed by atoms with van der Waals surface area (Å²) in [6.07, 6.45) is 1.71. The molecule has 3 N–H and O–H groups in total. The fourth-order valence-electron chi connectivity index (χ4n) is 2.40. The Labute approximate surface area is 101 Å². The Bertz CT molecular complexity index is 489. The van der Waals surface area contributed by atoms with Crippen LogP contribution in [0.15, 0.2) is 4.90 Å². The molecule has 0 amide bonds. The molecule has 17 heavy (non-hydrogen) atoms. The van der Waals surface area contributed by atoms with E-state index in [4.69, 9.17) is 5.73 Å². The number of sulfonamides is 1. The highest BCUT2D eigenvalue weighted by molar-refractivity contribution is 7.89. The maximum absolute atomic E-state index is 12.5. The van der Waals surface area contributed by atoms with Crippen molar-refractivity contribution in [3.63, 3.8) is 0 Å². The molecule has 0 spiro atoms. The third-order valence-electron chi connectivity index (χ3n) is 3.22. The van der Waals surface area contributed by atoms with Crippen LogP contribution < -0.4 is 5.73 Å². The lowest BCUT2D eigenvalue weighted by atomic mass is 10.2. The van der Waals surface area contributed by atoms with Gasteiger partial charge in [0.05, 0.1) is 11.4 Å². The summed E-state index contributed by atoms with van der Waals surface area (Å²) in [6.45, 7) is 4.34. The Balaban J connectivity index is 2.43. The van der Waals surface area contributed by atoms with Gasteiger partial charge in [-0.05, 0) is 26.7 Å². The number of hydrogen-bond donors (Lipinski definition) is 2. The Morgan fingerprint density at radius 3 is 2.76 bits per heavy atom. The molecule has 2 rings (SSSR count). The van der Waals surface area contributed by atoms with E-state index in [1.54, 1.807) is 13.8 Å². The van der Waals surface area contributed by atoms with Crippen molar-refractivity contribution in [2.24, 2.45) is 5.73 Å². The van der Waals surface area contributed by atoms with Crippen molar-refractivity contribution < 1.29 is 8.42 Å². The molecule has 2 heterocycles. The highest BCUT2D eigenvalue weighted by Gasteiger charge is 2.36. The standard InChI is InChI=1S/C10H18N4O2S/c1-7-10(8(2)13-12-7)17(15,16)14-5-3-4-9(14)6-11/h9H,3-6,11H2,1-2H3,(H,12,13)/t9-/m0/s1. The summed E-state index contributed by atoms with van der Waals surface area (Å²) in [4.78, 5) is 0.304. The van der Waals surface area contributed by atoms with Crippen molar-refractivity contribution in [1.82, 2.24) is 14.5 Å². The molecule has 1 aromatic rings. The molecule has 1 fully saturated rings. The normalized spacial score (nSPS) is 22.2. The van der Waals surface area contributed by atoms with Crippen molar-refractivity contribution in [3.05, 3.63) is 11.4 Å². The highest BCUT2D eigenvalue weighted by atomic mass is 32.2. The first kappa shape index (κ1) is 12.5. The zero-order chi connectivity index (χ0) is 12.6. The van der Waals surface area contributed by atoms with E-state index in [2.05, 4.69) is 10.2 Å². The number of nitrogens with two attached hydrogens (primary N) is 1. The smallest absolute Gasteiger partial charge is 0.247 e. The monoisotopic (exact) mass is 258 g/mol. The van der Waals surface area contributed by atoms with E-state index in [-0.39, 0.29) is 6.04 Å². The summed E-state index contributed by atoms with van der Waals surface area (Å²) in [6, 6.07) is -0.0753. The molecular weight excluding hydrogens is 240 g/mol. The summed E-state index contributed by atoms with van der Waals surface area (Å²) < 4.78 is 26.5. The predicted molar refractivity (Wildman–Crippen MR) is 64.0 cm³/mol. The van der Waals surface area contributed by atoms with E-state index in [0.717, 1.165) is 12.8 Å². The Kier molecular flexibility index (Phi) is 3.24. The minimum atomic E-state index is -3.46. The number of rotatable bonds is 3. The maximum atomic E-state index is 12.5. The van der Waals surface area contributed by atoms with Crippen LogP contribution in [-0.4, -0.2) is 42.1 Å². The summed E-state index contributed by atoms with van der Waals surface area (Å²) in [5.74, 6) is 0. The van der Waals surface area contributed by atoms with Crippen LogP contribution in [0.2, 0.25) is 0 Å². The van der Waals surface area contributed by atoms with Crippen molar-refractivity contribution >= 4 is 10.0 Å². The molecule has 0 bridgehead atoms. The zero-order valence-corrected chi connectivity index (χ0v) is 10.9. The Hall–Kier alpha value is -0.920. The molecule has 7 heteroatoms. The van der Waals surface area contributed by atoms with Crippen LogP contribution in [0.1, 0.15) is 24.2 Å². The summed E-state index contributed by atoms with van der Waals surface area (Å²) in [7, 11) is -3.46. The van der Waals surface area contributed by atoms with Gasteiger partial charge in [-0.1, -0.05) is 0 Å². The van der Waals surface area contributed by atoms with E-state index in [1.165, 1.54) is 4.31 Å². The van der Waals surface area contributed by atoms with Gasteiger partial charge in [-0.3, -0.25) is 5.10 Å². The predicted octanol–water partition coefficient (Wildman–Crippen LogP) is 0.138. The van der Waals surface area contributed by atoms with Gasteiger partial charge in [-0.2, -0.15) is 9.40 Å². The summed E-state index contributed by atoms with van der Waals surface area (Å²) in [5, 5.41) is 6.65. The lowest BCUT2D eigenvalue weighted by Gasteiger charge is -2.22. The molecule has 0 aliphatic carbocycles. The van der Waals surface area contributed by atoms with E-state index in [1.807, 2.05) is 0 Å². The van der Waals surface area contributed by atoms with E-state index < -0.39 is 10.0 Å². The van der Waals surface area contributed by atoms with Gasteiger partial charge in [0, 0.05) is 19.1 Å². The molecule has 0 saturated carbocycles. The second kappa shape index (κ2) is 4.40. The average Bonchev–Trinajstić information content (AvgIpc) is 2.85. The number of aromatic amines is 1. The molecule has 1 aliphatic heterocycles. The third-order valence-corrected chi connectivity index (χ3v) is 5.44. The molecule has 0 aromatic carbocycles. The molecule has 1 saturated heterocycles. The van der Waals surface area contributed by atoms with Crippen LogP contribution in [-0.2, 0) is 10.0 Å². The lowest BCUT2D eigenvalue weighted by Crippen LogP contribution is -2.40. The molecule has 1 atom stereocenters. The molecule has 96 valence electrons. The number of hydrogen-bond acceptors (Lipinski definition) is 4. The summed E-state index contributed by atoms with van der Waals surface area (Å²) >= 11 is 0. The van der Waals surface area contributed by atoms with Gasteiger partial charge in [0.1, 0.15) is 4.90 Å². The molecule has 6 nitrogen and oxygen atoms in total. The molecular formula is C10H18N4O2S. The van der Waals surface area contributed by atoms with Gasteiger partial charge in [-0.25, -0.2) is 8.42 Å². The van der Waals surface area contributed by atoms with Gasteiger partial charge in [-0.15, -0.1) is 0 Å². The van der Waals surface area contributed by atoms with Crippen LogP contribution in [0, 0.1) is 13.8 Å². The van der Waals surface area contributed by atoms with Crippen LogP contribution in [0.3, 0.4) is 0 Å². The average molecular weight is 258 g/mol. The van der Waals surface area contributed by atoms with Crippen molar-refractivity contribution in [2.75, 3.05) is 13.1 Å². The van der Waals surface area contributed by atoms with Gasteiger partial charge >= 0.3 is 0 Å². The van der Waals surface area contributed by atoms with Gasteiger partial charge in [0.25, 0.3) is 0 Å². The lowest BCUT2D eigenvalue weighted by molar-refractivity contribution is 0.392. The number of nitrogens with zero attached hydrogens (tertiary/aromatic N) is 2. The topological polar surface area (TPSA) is 92.1 Å². The highest BCUT2D eigenvalue weighted by Crippen LogP contribution is 2.28. The molecule has 0 radical (unpaired) electrons. The third kappa shape index (κ3) is 1.98. The second-order valence-corrected chi connectivity index (χ2v) is 6.24. The first-order chi connectivity index (χ1) is 7.98. The number of nitrogens with one attached hydrogen (secondary N) is 1. The number of aromatic nitrogens is 2. The first-order valence-electron chi connectivity index (χ1n) is 5.72. The second-order valence-electron chi connectivity index (χ2n) is 4.41. The van der Waals surface area contributed by atoms with Crippen LogP contribution in [0.4, 0.5) is 0 Å². The van der Waals surface area contributed by atoms with Crippen LogP contribution in [0.5, 0.6) is 0 Å². The van der Waals surface area contributed by atoms with Crippen LogP contribution in [0.25, 0.3) is 0 Å². The molecule has 1 aromatic heterocycles. The van der Waals surface area contributed by atoms with Crippen molar-refractivity contribution in [3.8, 4) is 0 Å². The summed E-state index contributed by atoms with van der Waals surface area (Å²) in [5.41, 5.74) is 6.73. The minimum Gasteiger partial charge on any atom is -0.329 e. The minimum absolute atomic E-state index is 0.0753. The van der Waals surface area contributed by atoms with E-state index >= 15 is 0 Å². The number of H-pyrrole nitrogens is 1. The van der Waals surface area contributed by atoms with E-state index in [9.17, 15) is 8.42 Å². The quantitative estimate of drug-likeness (QED) is 0.806. The molecule has 1 aliphatic rings. The van der Waals surface area contributed by atoms with Crippen molar-refractivity contribution in [1.29, 1.82) is 0 Å². The fourth-order valence-corrected chi connectivity index (χ4v) is 4.44. The van der Waals surface area contributed by atoms with Crippen LogP contribution >= 0.6 is 0 Å². The largest absolute Gasteiger partial charge is 0.329 e. The van der Waals surface area contributed by atoms with Crippen molar-refractivity contribution in [2.45, 2.75) is 37.6 Å². The van der Waals surface area contributed by atoms with Gasteiger partial charge in [0.15, 0.2) is 0 Å². The zero-order valence-electron chi connectivity index (χ0n) is 10.1. The van der Waals surface area contributed by atoms with Gasteiger partial charge < -0.3 is 5.73 Å². The Morgan fingerprint density at radius 2 is 2.24 bits per heavy atom. The number of aryl methyl sites for hydroxylation is 2. The van der Waals surface area contributed by atoms with E-state index in [0.29, 0.717) is 29.4 Å². The first-order valence-corrected chi connectivity index (χ1v) is 7.16. The SMILES string of the molecule is Cc1n[nH]c(C)c1S(=O)(=O)N1CCC[C@H]1CN. The Morgan fingerprint density at radius 1 is 1.53 bits per heavy atom. The van der Waals surface area contributed by atoms with Gasteiger partial charge in [0.2, 0.25) is 10.0 Å². The molecule has 0 unspecified atom stereocenters.